The van der Waals surface area contributed by atoms with Crippen molar-refractivity contribution < 1.29 is 14.7 Å². The Bertz CT molecular complexity index is 491. The van der Waals surface area contributed by atoms with E-state index in [2.05, 4.69) is 5.32 Å². The zero-order chi connectivity index (χ0) is 14.3. The maximum atomic E-state index is 11.8. The summed E-state index contributed by atoms with van der Waals surface area (Å²) in [4.78, 5) is 23.6. The van der Waals surface area contributed by atoms with Gasteiger partial charge in [-0.2, -0.15) is 5.26 Å². The minimum Gasteiger partial charge on any atom is -0.480 e. The average Bonchev–Trinajstić information content (AvgIpc) is 2.38. The van der Waals surface area contributed by atoms with Gasteiger partial charge in [-0.25, -0.2) is 4.79 Å². The molecule has 2 N–H and O–H groups in total. The predicted octanol–water partition coefficient (Wildman–Crippen LogP) is 1.69. The van der Waals surface area contributed by atoms with Crippen molar-refractivity contribution in [3.8, 4) is 6.07 Å². The van der Waals surface area contributed by atoms with Crippen molar-refractivity contribution in [1.29, 1.82) is 5.26 Å². The second-order valence-electron chi connectivity index (χ2n) is 3.87. The lowest BCUT2D eigenvalue weighted by molar-refractivity contribution is -0.137. The van der Waals surface area contributed by atoms with Crippen LogP contribution >= 0.6 is 0 Å². The highest BCUT2D eigenvalue weighted by atomic mass is 16.4. The SMILES string of the molecule is CCN(CC(=O)O)C(=O)Nc1ccc(CC#N)cc1. The van der Waals surface area contributed by atoms with Crippen LogP contribution in [0.15, 0.2) is 24.3 Å². The summed E-state index contributed by atoms with van der Waals surface area (Å²) in [7, 11) is 0. The van der Waals surface area contributed by atoms with Gasteiger partial charge in [-0.1, -0.05) is 12.1 Å². The molecule has 6 heteroatoms. The fourth-order valence-electron chi connectivity index (χ4n) is 1.49. The minimum atomic E-state index is -1.05. The van der Waals surface area contributed by atoms with Gasteiger partial charge in [0.1, 0.15) is 6.54 Å². The van der Waals surface area contributed by atoms with E-state index in [1.807, 2.05) is 6.07 Å². The van der Waals surface area contributed by atoms with Crippen LogP contribution in [0.5, 0.6) is 0 Å². The van der Waals surface area contributed by atoms with Crippen LogP contribution in [0, 0.1) is 11.3 Å². The molecule has 1 aromatic carbocycles. The number of hydrogen-bond donors (Lipinski definition) is 2. The molecule has 0 spiro atoms. The van der Waals surface area contributed by atoms with Crippen molar-refractivity contribution in [2.45, 2.75) is 13.3 Å². The number of carbonyl (C=O) groups excluding carboxylic acids is 1. The Hall–Kier alpha value is -2.55. The molecule has 0 unspecified atom stereocenters. The molecular formula is C13H15N3O3. The molecule has 0 heterocycles. The number of carboxylic acid groups (broad SMARTS) is 1. The van der Waals surface area contributed by atoms with Crippen LogP contribution in [0.3, 0.4) is 0 Å². The van der Waals surface area contributed by atoms with Crippen LogP contribution in [0.4, 0.5) is 10.5 Å². The van der Waals surface area contributed by atoms with Gasteiger partial charge in [-0.3, -0.25) is 4.79 Å². The first-order valence-electron chi connectivity index (χ1n) is 5.80. The Morgan fingerprint density at radius 3 is 2.47 bits per heavy atom. The summed E-state index contributed by atoms with van der Waals surface area (Å²) in [6.07, 6.45) is 0.314. The van der Waals surface area contributed by atoms with E-state index in [1.165, 1.54) is 4.90 Å². The van der Waals surface area contributed by atoms with Crippen LogP contribution in [0.1, 0.15) is 12.5 Å². The molecule has 19 heavy (non-hydrogen) atoms. The molecule has 2 amide bonds. The van der Waals surface area contributed by atoms with E-state index in [9.17, 15) is 9.59 Å². The van der Waals surface area contributed by atoms with E-state index in [-0.39, 0.29) is 6.54 Å². The zero-order valence-corrected chi connectivity index (χ0v) is 10.6. The Labute approximate surface area is 111 Å². The standard InChI is InChI=1S/C13H15N3O3/c1-2-16(9-12(17)18)13(19)15-11-5-3-10(4-6-11)7-8-14/h3-6H,2,7,9H2,1H3,(H,15,19)(H,17,18). The molecule has 1 aromatic rings. The summed E-state index contributed by atoms with van der Waals surface area (Å²) < 4.78 is 0. The topological polar surface area (TPSA) is 93.4 Å². The summed E-state index contributed by atoms with van der Waals surface area (Å²) in [6, 6.07) is 8.42. The fraction of sp³-hybridized carbons (Fsp3) is 0.308. The number of nitrogens with zero attached hydrogens (tertiary/aromatic N) is 2. The highest BCUT2D eigenvalue weighted by Gasteiger charge is 2.14. The molecule has 0 radical (unpaired) electrons. The van der Waals surface area contributed by atoms with Crippen molar-refractivity contribution in [2.24, 2.45) is 0 Å². The number of rotatable bonds is 5. The van der Waals surface area contributed by atoms with Gasteiger partial charge in [-0.15, -0.1) is 0 Å². The van der Waals surface area contributed by atoms with Crippen LogP contribution in [-0.2, 0) is 11.2 Å². The second kappa shape index (κ2) is 7.01. The number of hydrogen-bond acceptors (Lipinski definition) is 3. The molecule has 0 fully saturated rings. The van der Waals surface area contributed by atoms with Crippen LogP contribution in [-0.4, -0.2) is 35.1 Å². The van der Waals surface area contributed by atoms with Gasteiger partial charge in [0, 0.05) is 12.2 Å². The Morgan fingerprint density at radius 1 is 1.37 bits per heavy atom. The fourth-order valence-corrected chi connectivity index (χ4v) is 1.49. The number of aliphatic carboxylic acids is 1. The molecule has 1 rings (SSSR count). The third-order valence-corrected chi connectivity index (χ3v) is 2.48. The predicted molar refractivity (Wildman–Crippen MR) is 69.7 cm³/mol. The highest BCUT2D eigenvalue weighted by molar-refractivity contribution is 5.91. The number of carbonyl (C=O) groups is 2. The number of nitriles is 1. The zero-order valence-electron chi connectivity index (χ0n) is 10.6. The number of urea groups is 1. The second-order valence-corrected chi connectivity index (χ2v) is 3.87. The monoisotopic (exact) mass is 261 g/mol. The molecule has 0 atom stereocenters. The Kier molecular flexibility index (Phi) is 5.35. The number of anilines is 1. The first kappa shape index (κ1) is 14.5. The minimum absolute atomic E-state index is 0.310. The lowest BCUT2D eigenvalue weighted by Crippen LogP contribution is -2.38. The van der Waals surface area contributed by atoms with Crippen LogP contribution in [0.25, 0.3) is 0 Å². The third-order valence-electron chi connectivity index (χ3n) is 2.48. The molecule has 0 saturated heterocycles. The first-order chi connectivity index (χ1) is 9.06. The number of carboxylic acids is 1. The summed E-state index contributed by atoms with van der Waals surface area (Å²) in [5.41, 5.74) is 1.42. The van der Waals surface area contributed by atoms with Gasteiger partial charge in [0.2, 0.25) is 0 Å². The molecule has 0 aliphatic carbocycles. The Morgan fingerprint density at radius 2 is 2.00 bits per heavy atom. The van der Waals surface area contributed by atoms with E-state index in [4.69, 9.17) is 10.4 Å². The molecule has 0 aliphatic heterocycles. The number of amides is 2. The number of benzene rings is 1. The van der Waals surface area contributed by atoms with E-state index in [1.54, 1.807) is 31.2 Å². The van der Waals surface area contributed by atoms with E-state index in [0.29, 0.717) is 18.7 Å². The van der Waals surface area contributed by atoms with Crippen molar-refractivity contribution in [3.05, 3.63) is 29.8 Å². The van der Waals surface area contributed by atoms with Crippen molar-refractivity contribution in [2.75, 3.05) is 18.4 Å². The molecule has 100 valence electrons. The van der Waals surface area contributed by atoms with Gasteiger partial charge in [-0.05, 0) is 24.6 Å². The van der Waals surface area contributed by atoms with Gasteiger partial charge in [0.25, 0.3) is 0 Å². The molecule has 6 nitrogen and oxygen atoms in total. The van der Waals surface area contributed by atoms with E-state index < -0.39 is 12.0 Å². The van der Waals surface area contributed by atoms with Crippen LogP contribution < -0.4 is 5.32 Å². The Balaban J connectivity index is 2.65. The largest absolute Gasteiger partial charge is 0.480 e. The van der Waals surface area contributed by atoms with Crippen molar-refractivity contribution in [3.63, 3.8) is 0 Å². The molecule has 0 aromatic heterocycles. The smallest absolute Gasteiger partial charge is 0.323 e. The van der Waals surface area contributed by atoms with Crippen LogP contribution in [0.2, 0.25) is 0 Å². The van der Waals surface area contributed by atoms with Crippen molar-refractivity contribution >= 4 is 17.7 Å². The summed E-state index contributed by atoms with van der Waals surface area (Å²) in [5.74, 6) is -1.05. The summed E-state index contributed by atoms with van der Waals surface area (Å²) in [6.45, 7) is 1.68. The lowest BCUT2D eigenvalue weighted by Gasteiger charge is -2.19. The number of nitrogens with one attached hydrogen (secondary N) is 1. The summed E-state index contributed by atoms with van der Waals surface area (Å²) in [5, 5.41) is 19.8. The van der Waals surface area contributed by atoms with Gasteiger partial charge in [0.15, 0.2) is 0 Å². The molecule has 0 saturated carbocycles. The summed E-state index contributed by atoms with van der Waals surface area (Å²) >= 11 is 0. The quantitative estimate of drug-likeness (QED) is 0.843. The van der Waals surface area contributed by atoms with E-state index in [0.717, 1.165) is 5.56 Å². The maximum Gasteiger partial charge on any atom is 0.323 e. The lowest BCUT2D eigenvalue weighted by atomic mass is 10.1. The van der Waals surface area contributed by atoms with Gasteiger partial charge < -0.3 is 15.3 Å². The highest BCUT2D eigenvalue weighted by Crippen LogP contribution is 2.10. The average molecular weight is 261 g/mol. The first-order valence-corrected chi connectivity index (χ1v) is 5.80. The van der Waals surface area contributed by atoms with Crippen molar-refractivity contribution in [1.82, 2.24) is 4.90 Å². The van der Waals surface area contributed by atoms with Gasteiger partial charge in [0.05, 0.1) is 12.5 Å². The van der Waals surface area contributed by atoms with Gasteiger partial charge >= 0.3 is 12.0 Å². The normalized spacial score (nSPS) is 9.47. The molecule has 0 bridgehead atoms. The molecular weight excluding hydrogens is 246 g/mol. The van der Waals surface area contributed by atoms with E-state index >= 15 is 0 Å². The molecule has 0 aliphatic rings. The number of likely N-dealkylation sites (N-methyl/N-ethyl adjacent to an activating group) is 1. The third kappa shape index (κ3) is 4.68. The maximum absolute atomic E-state index is 11.8.